The van der Waals surface area contributed by atoms with Crippen LogP contribution in [0.3, 0.4) is 0 Å². The summed E-state index contributed by atoms with van der Waals surface area (Å²) in [5.74, 6) is 0. The number of rotatable bonds is 4. The maximum Gasteiger partial charge on any atom is 0.132 e. The van der Waals surface area contributed by atoms with Crippen LogP contribution in [0.2, 0.25) is 0 Å². The molecule has 0 spiro atoms. The Morgan fingerprint density at radius 2 is 1.30 bits per heavy atom. The van der Waals surface area contributed by atoms with Crippen molar-refractivity contribution >= 4 is 5.69 Å². The second kappa shape index (κ2) is 8.51. The van der Waals surface area contributed by atoms with Gasteiger partial charge < -0.3 is 5.11 Å². The van der Waals surface area contributed by atoms with Crippen LogP contribution in [-0.2, 0) is 6.54 Å². The Morgan fingerprint density at radius 1 is 0.850 bits per heavy atom. The van der Waals surface area contributed by atoms with Crippen LogP contribution in [0.1, 0.15) is 18.9 Å². The summed E-state index contributed by atoms with van der Waals surface area (Å²) >= 11 is 0. The van der Waals surface area contributed by atoms with E-state index in [2.05, 4.69) is 74.8 Å². The van der Waals surface area contributed by atoms with E-state index in [4.69, 9.17) is 0 Å². The Hall–Kier alpha value is -1.64. The molecule has 0 fully saturated rings. The Bertz CT molecular complexity index is 463. The molecule has 0 aliphatic heterocycles. The molecule has 0 saturated carbocycles. The Labute approximate surface area is 122 Å². The van der Waals surface area contributed by atoms with Gasteiger partial charge in [-0.1, -0.05) is 61.9 Å². The lowest BCUT2D eigenvalue weighted by Gasteiger charge is -2.29. The van der Waals surface area contributed by atoms with Crippen LogP contribution in [0.4, 0.5) is 5.69 Å². The van der Waals surface area contributed by atoms with E-state index in [1.807, 2.05) is 6.92 Å². The molecule has 2 aromatic rings. The summed E-state index contributed by atoms with van der Waals surface area (Å²) in [6.07, 6.45) is 0.764. The number of benzene rings is 2. The third kappa shape index (κ3) is 5.55. The van der Waals surface area contributed by atoms with Gasteiger partial charge in [-0.25, -0.2) is 0 Å². The number of para-hydroxylation sites is 1. The average molecular weight is 271 g/mol. The molecule has 0 aromatic heterocycles. The molecule has 2 nitrogen and oxygen atoms in total. The highest BCUT2D eigenvalue weighted by molar-refractivity contribution is 5.41. The summed E-state index contributed by atoms with van der Waals surface area (Å²) in [6.45, 7) is 2.96. The molecule has 0 amide bonds. The van der Waals surface area contributed by atoms with E-state index in [1.165, 1.54) is 11.3 Å². The smallest absolute Gasteiger partial charge is 0.132 e. The molecule has 2 aromatic carbocycles. The van der Waals surface area contributed by atoms with E-state index < -0.39 is 0 Å². The minimum absolute atomic E-state index is 0.0694. The van der Waals surface area contributed by atoms with Gasteiger partial charge in [-0.15, -0.1) is 6.61 Å². The zero-order chi connectivity index (χ0) is 14.8. The van der Waals surface area contributed by atoms with Gasteiger partial charge in [0.25, 0.3) is 0 Å². The van der Waals surface area contributed by atoms with Gasteiger partial charge in [0, 0.05) is 5.56 Å². The predicted molar refractivity (Wildman–Crippen MR) is 85.4 cm³/mol. The normalized spacial score (nSPS) is 10.6. The summed E-state index contributed by atoms with van der Waals surface area (Å²) in [5.41, 5.74) is 2.71. The van der Waals surface area contributed by atoms with Gasteiger partial charge in [0.1, 0.15) is 12.2 Å². The first-order chi connectivity index (χ1) is 9.60. The van der Waals surface area contributed by atoms with Crippen molar-refractivity contribution in [2.45, 2.75) is 19.9 Å². The van der Waals surface area contributed by atoms with Crippen molar-refractivity contribution in [2.75, 3.05) is 20.7 Å². The van der Waals surface area contributed by atoms with Gasteiger partial charge in [0.05, 0.1) is 14.1 Å². The minimum atomic E-state index is 0.0694. The second-order valence-corrected chi connectivity index (χ2v) is 5.37. The molecule has 0 heterocycles. The molecule has 0 N–H and O–H groups in total. The van der Waals surface area contributed by atoms with Crippen LogP contribution < -0.4 is 9.59 Å². The third-order valence-electron chi connectivity index (χ3n) is 3.08. The zero-order valence-electron chi connectivity index (χ0n) is 12.8. The third-order valence-corrected chi connectivity index (χ3v) is 3.08. The monoisotopic (exact) mass is 271 g/mol. The Balaban J connectivity index is 0.000000444. The minimum Gasteiger partial charge on any atom is -0.854 e. The van der Waals surface area contributed by atoms with Crippen molar-refractivity contribution in [1.82, 2.24) is 4.48 Å². The van der Waals surface area contributed by atoms with Crippen LogP contribution >= 0.6 is 0 Å². The molecule has 0 bridgehead atoms. The number of hydrogen-bond acceptors (Lipinski definition) is 1. The van der Waals surface area contributed by atoms with Crippen LogP contribution in [-0.4, -0.2) is 20.7 Å². The van der Waals surface area contributed by atoms with E-state index >= 15 is 0 Å². The Morgan fingerprint density at radius 3 is 1.75 bits per heavy atom. The lowest BCUT2D eigenvalue weighted by Crippen LogP contribution is -2.39. The lowest BCUT2D eigenvalue weighted by atomic mass is 10.2. The SMILES string of the molecule is CCC[O-].C[N+](C)(Cc1ccccc1)c1ccccc1. The Kier molecular flexibility index (Phi) is 6.99. The summed E-state index contributed by atoms with van der Waals surface area (Å²) in [6, 6.07) is 21.2. The first kappa shape index (κ1) is 16.4. The predicted octanol–water partition coefficient (Wildman–Crippen LogP) is 3.21. The highest BCUT2D eigenvalue weighted by Gasteiger charge is 2.18. The van der Waals surface area contributed by atoms with E-state index in [0.29, 0.717) is 0 Å². The number of hydrogen-bond donors (Lipinski definition) is 0. The van der Waals surface area contributed by atoms with Crippen molar-refractivity contribution in [3.05, 3.63) is 66.2 Å². The molecule has 0 atom stereocenters. The van der Waals surface area contributed by atoms with Crippen molar-refractivity contribution in [2.24, 2.45) is 0 Å². The topological polar surface area (TPSA) is 23.1 Å². The molecule has 0 unspecified atom stereocenters. The van der Waals surface area contributed by atoms with Gasteiger partial charge in [-0.2, -0.15) is 0 Å². The quantitative estimate of drug-likeness (QED) is 0.783. The molecule has 108 valence electrons. The molecule has 20 heavy (non-hydrogen) atoms. The fourth-order valence-electron chi connectivity index (χ4n) is 1.96. The molecule has 0 aliphatic rings. The van der Waals surface area contributed by atoms with Crippen LogP contribution in [0.5, 0.6) is 0 Å². The molecular formula is C18H25NO. The zero-order valence-corrected chi connectivity index (χ0v) is 12.8. The molecule has 2 heteroatoms. The van der Waals surface area contributed by atoms with Gasteiger partial charge >= 0.3 is 0 Å². The van der Waals surface area contributed by atoms with Crippen molar-refractivity contribution in [3.8, 4) is 0 Å². The lowest BCUT2D eigenvalue weighted by molar-refractivity contribution is -0.367. The maximum absolute atomic E-state index is 9.30. The fraction of sp³-hybridized carbons (Fsp3) is 0.333. The summed E-state index contributed by atoms with van der Waals surface area (Å²) < 4.78 is 0.880. The molecule has 2 rings (SSSR count). The summed E-state index contributed by atoms with van der Waals surface area (Å²) in [5, 5.41) is 9.30. The number of quaternary nitrogens is 1. The maximum atomic E-state index is 9.30. The van der Waals surface area contributed by atoms with E-state index in [-0.39, 0.29) is 6.61 Å². The van der Waals surface area contributed by atoms with E-state index in [1.54, 1.807) is 0 Å². The highest BCUT2D eigenvalue weighted by Crippen LogP contribution is 2.21. The van der Waals surface area contributed by atoms with Gasteiger partial charge in [0.2, 0.25) is 0 Å². The second-order valence-electron chi connectivity index (χ2n) is 5.37. The standard InChI is InChI=1S/C15H18N.C3H7O/c1-16(2,15-11-7-4-8-12-15)13-14-9-5-3-6-10-14;1-2-3-4/h3-12H,13H2,1-2H3;2-3H2,1H3/q+1;-1. The van der Waals surface area contributed by atoms with Crippen LogP contribution in [0.25, 0.3) is 0 Å². The number of nitrogens with zero attached hydrogens (tertiary/aromatic N) is 1. The van der Waals surface area contributed by atoms with E-state index in [9.17, 15) is 5.11 Å². The van der Waals surface area contributed by atoms with Crippen molar-refractivity contribution in [3.63, 3.8) is 0 Å². The summed E-state index contributed by atoms with van der Waals surface area (Å²) in [4.78, 5) is 0. The van der Waals surface area contributed by atoms with Gasteiger partial charge in [-0.05, 0) is 12.1 Å². The van der Waals surface area contributed by atoms with Crippen molar-refractivity contribution in [1.29, 1.82) is 0 Å². The van der Waals surface area contributed by atoms with Crippen LogP contribution in [0.15, 0.2) is 60.7 Å². The van der Waals surface area contributed by atoms with Crippen LogP contribution in [0, 0.1) is 0 Å². The fourth-order valence-corrected chi connectivity index (χ4v) is 1.96. The molecule has 0 saturated heterocycles. The molecule has 0 radical (unpaired) electrons. The van der Waals surface area contributed by atoms with Crippen molar-refractivity contribution < 1.29 is 5.11 Å². The van der Waals surface area contributed by atoms with Gasteiger partial charge in [-0.3, -0.25) is 4.48 Å². The molecule has 0 aliphatic carbocycles. The van der Waals surface area contributed by atoms with E-state index in [0.717, 1.165) is 17.4 Å². The first-order valence-corrected chi connectivity index (χ1v) is 7.10. The van der Waals surface area contributed by atoms with Gasteiger partial charge in [0.15, 0.2) is 0 Å². The molecular weight excluding hydrogens is 246 g/mol. The first-order valence-electron chi connectivity index (χ1n) is 7.10. The highest BCUT2D eigenvalue weighted by atomic mass is 16.2. The largest absolute Gasteiger partial charge is 0.854 e. The average Bonchev–Trinajstić information content (AvgIpc) is 2.49. The summed E-state index contributed by atoms with van der Waals surface area (Å²) in [7, 11) is 4.48.